The molecule has 1 aliphatic heterocycles. The number of unbranched alkanes of at least 4 members (excludes halogenated alkanes) is 1. The number of carbonyl (C=O) groups excluding carboxylic acids is 1. The molecule has 3 N–H and O–H groups in total. The second-order valence-electron chi connectivity index (χ2n) is 5.09. The number of hydrogen-bond donors (Lipinski definition) is 2. The first-order valence-corrected chi connectivity index (χ1v) is 7.25. The molecule has 110 valence electrons. The van der Waals surface area contributed by atoms with Gasteiger partial charge in [-0.25, -0.2) is 0 Å². The van der Waals surface area contributed by atoms with E-state index in [-0.39, 0.29) is 24.4 Å². The molecule has 0 aromatic heterocycles. The molecule has 1 fully saturated rings. The summed E-state index contributed by atoms with van der Waals surface area (Å²) >= 11 is 0. The van der Waals surface area contributed by atoms with Gasteiger partial charge >= 0.3 is 0 Å². The van der Waals surface area contributed by atoms with Crippen molar-refractivity contribution in [2.45, 2.75) is 38.6 Å². The quantitative estimate of drug-likeness (QED) is 0.502. The van der Waals surface area contributed by atoms with E-state index >= 15 is 0 Å². The maximum atomic E-state index is 12.5. The van der Waals surface area contributed by atoms with Gasteiger partial charge in [0, 0.05) is 25.6 Å². The fourth-order valence-corrected chi connectivity index (χ4v) is 2.57. The predicted molar refractivity (Wildman–Crippen MR) is 75.7 cm³/mol. The van der Waals surface area contributed by atoms with Crippen LogP contribution in [0.1, 0.15) is 32.6 Å². The number of amides is 1. The topological polar surface area (TPSA) is 87.8 Å². The molecule has 0 radical (unpaired) electrons. The Kier molecular flexibility index (Phi) is 7.59. The molecule has 0 aromatic rings. The zero-order valence-corrected chi connectivity index (χ0v) is 11.8. The number of piperazine rings is 1. The summed E-state index contributed by atoms with van der Waals surface area (Å²) in [5.41, 5.74) is 5.49. The summed E-state index contributed by atoms with van der Waals surface area (Å²) in [6, 6.07) is -0.0812. The molecule has 0 aromatic carbocycles. The van der Waals surface area contributed by atoms with E-state index in [1.54, 1.807) is 0 Å². The fourth-order valence-electron chi connectivity index (χ4n) is 2.57. The predicted octanol–water partition coefficient (Wildman–Crippen LogP) is 0.708. The van der Waals surface area contributed by atoms with Gasteiger partial charge in [0.15, 0.2) is 0 Å². The van der Waals surface area contributed by atoms with Crippen molar-refractivity contribution in [1.82, 2.24) is 10.2 Å². The van der Waals surface area contributed by atoms with Crippen molar-refractivity contribution >= 4 is 5.91 Å². The van der Waals surface area contributed by atoms with Crippen LogP contribution < -0.4 is 11.1 Å². The maximum Gasteiger partial charge on any atom is 0.226 e. The molecule has 19 heavy (non-hydrogen) atoms. The Bertz CT molecular complexity index is 286. The summed E-state index contributed by atoms with van der Waals surface area (Å²) < 4.78 is 0. The highest BCUT2D eigenvalue weighted by Gasteiger charge is 2.30. The minimum absolute atomic E-state index is 0.0544. The third kappa shape index (κ3) is 4.87. The van der Waals surface area contributed by atoms with E-state index in [9.17, 15) is 9.70 Å². The minimum atomic E-state index is -0.0812. The van der Waals surface area contributed by atoms with Gasteiger partial charge in [-0.05, 0) is 25.8 Å². The summed E-state index contributed by atoms with van der Waals surface area (Å²) in [6.45, 7) is 5.03. The standard InChI is InChI=1S/C13H26N4O2/c1-2-11(5-3-4-6-14)13(18)17-8-7-15-9-12(17)10-16-19/h11-12,15H,2-10,14H2,1H3/t11-,12?/m1/s1. The van der Waals surface area contributed by atoms with Crippen LogP contribution in [0.25, 0.3) is 0 Å². The Morgan fingerprint density at radius 3 is 2.95 bits per heavy atom. The van der Waals surface area contributed by atoms with Gasteiger partial charge in [0.2, 0.25) is 5.91 Å². The van der Waals surface area contributed by atoms with Crippen molar-refractivity contribution < 1.29 is 4.79 Å². The fraction of sp³-hybridized carbons (Fsp3) is 0.923. The summed E-state index contributed by atoms with van der Waals surface area (Å²) in [7, 11) is 0. The number of nitrogens with zero attached hydrogens (tertiary/aromatic N) is 2. The van der Waals surface area contributed by atoms with Crippen molar-refractivity contribution in [3.63, 3.8) is 0 Å². The van der Waals surface area contributed by atoms with E-state index in [1.807, 2.05) is 11.8 Å². The lowest BCUT2D eigenvalue weighted by Crippen LogP contribution is -2.56. The van der Waals surface area contributed by atoms with Crippen LogP contribution in [0.2, 0.25) is 0 Å². The van der Waals surface area contributed by atoms with E-state index < -0.39 is 0 Å². The number of rotatable bonds is 8. The normalized spacial score (nSPS) is 21.2. The number of nitrogens with two attached hydrogens (primary N) is 1. The Morgan fingerprint density at radius 2 is 2.32 bits per heavy atom. The Balaban J connectivity index is 2.57. The number of hydrogen-bond acceptors (Lipinski definition) is 5. The summed E-state index contributed by atoms with van der Waals surface area (Å²) in [5.74, 6) is 0.230. The minimum Gasteiger partial charge on any atom is -0.335 e. The van der Waals surface area contributed by atoms with Gasteiger partial charge in [-0.3, -0.25) is 4.79 Å². The van der Waals surface area contributed by atoms with Gasteiger partial charge < -0.3 is 16.0 Å². The van der Waals surface area contributed by atoms with Crippen molar-refractivity contribution in [3.05, 3.63) is 4.91 Å². The number of carbonyl (C=O) groups is 1. The summed E-state index contributed by atoms with van der Waals surface area (Å²) in [4.78, 5) is 24.8. The SMILES string of the molecule is CC[C@H](CCCCN)C(=O)N1CCNCC1CN=O. The molecule has 0 aliphatic carbocycles. The molecule has 0 bridgehead atoms. The van der Waals surface area contributed by atoms with E-state index in [1.165, 1.54) is 0 Å². The van der Waals surface area contributed by atoms with Crippen LogP contribution in [0.5, 0.6) is 0 Å². The molecule has 1 saturated heterocycles. The van der Waals surface area contributed by atoms with Crippen molar-refractivity contribution in [2.24, 2.45) is 16.8 Å². The van der Waals surface area contributed by atoms with Crippen molar-refractivity contribution in [3.8, 4) is 0 Å². The molecule has 1 amide bonds. The first kappa shape index (κ1) is 16.0. The lowest BCUT2D eigenvalue weighted by molar-refractivity contribution is -0.139. The largest absolute Gasteiger partial charge is 0.335 e. The molecule has 6 nitrogen and oxygen atoms in total. The molecule has 1 unspecified atom stereocenters. The Hall–Kier alpha value is -1.01. The molecule has 0 spiro atoms. The monoisotopic (exact) mass is 270 g/mol. The zero-order chi connectivity index (χ0) is 14.1. The van der Waals surface area contributed by atoms with E-state index in [2.05, 4.69) is 10.5 Å². The average molecular weight is 270 g/mol. The smallest absolute Gasteiger partial charge is 0.226 e. The second-order valence-corrected chi connectivity index (χ2v) is 5.09. The average Bonchev–Trinajstić information content (AvgIpc) is 2.44. The van der Waals surface area contributed by atoms with Gasteiger partial charge in [-0.15, -0.1) is 0 Å². The van der Waals surface area contributed by atoms with Gasteiger partial charge in [-0.1, -0.05) is 18.5 Å². The van der Waals surface area contributed by atoms with Crippen molar-refractivity contribution in [1.29, 1.82) is 0 Å². The van der Waals surface area contributed by atoms with Crippen LogP contribution in [0.15, 0.2) is 5.18 Å². The van der Waals surface area contributed by atoms with Crippen molar-refractivity contribution in [2.75, 3.05) is 32.7 Å². The first-order valence-electron chi connectivity index (χ1n) is 7.25. The van der Waals surface area contributed by atoms with Crippen LogP contribution >= 0.6 is 0 Å². The van der Waals surface area contributed by atoms with Gasteiger partial charge in [-0.2, -0.15) is 4.91 Å². The molecule has 2 atom stereocenters. The summed E-state index contributed by atoms with van der Waals surface area (Å²) in [6.07, 6.45) is 3.68. The lowest BCUT2D eigenvalue weighted by Gasteiger charge is -2.37. The van der Waals surface area contributed by atoms with Crippen LogP contribution in [-0.4, -0.2) is 49.6 Å². The van der Waals surface area contributed by atoms with E-state index in [4.69, 9.17) is 5.73 Å². The first-order chi connectivity index (χ1) is 9.24. The van der Waals surface area contributed by atoms with Crippen LogP contribution in [0.4, 0.5) is 0 Å². The van der Waals surface area contributed by atoms with Crippen LogP contribution in [-0.2, 0) is 4.79 Å². The van der Waals surface area contributed by atoms with E-state index in [0.29, 0.717) is 19.6 Å². The lowest BCUT2D eigenvalue weighted by atomic mass is 9.96. The number of nitroso groups, excluding NO2 is 1. The van der Waals surface area contributed by atoms with Crippen LogP contribution in [0.3, 0.4) is 0 Å². The highest BCUT2D eigenvalue weighted by molar-refractivity contribution is 5.79. The third-order valence-corrected chi connectivity index (χ3v) is 3.77. The van der Waals surface area contributed by atoms with Gasteiger partial charge in [0.05, 0.1) is 6.04 Å². The third-order valence-electron chi connectivity index (χ3n) is 3.77. The van der Waals surface area contributed by atoms with Gasteiger partial charge in [0.1, 0.15) is 6.54 Å². The van der Waals surface area contributed by atoms with Crippen LogP contribution in [0, 0.1) is 10.8 Å². The summed E-state index contributed by atoms with van der Waals surface area (Å²) in [5, 5.41) is 6.16. The Labute approximate surface area is 115 Å². The Morgan fingerprint density at radius 1 is 1.53 bits per heavy atom. The number of nitrogens with one attached hydrogen (secondary N) is 1. The molecule has 6 heteroatoms. The molecule has 1 heterocycles. The maximum absolute atomic E-state index is 12.5. The second kappa shape index (κ2) is 8.98. The highest BCUT2D eigenvalue weighted by atomic mass is 16.3. The highest BCUT2D eigenvalue weighted by Crippen LogP contribution is 2.18. The molecular formula is C13H26N4O2. The zero-order valence-electron chi connectivity index (χ0n) is 11.8. The molecule has 1 aliphatic rings. The molecular weight excluding hydrogens is 244 g/mol. The van der Waals surface area contributed by atoms with Gasteiger partial charge in [0.25, 0.3) is 0 Å². The van der Waals surface area contributed by atoms with E-state index in [0.717, 1.165) is 32.2 Å². The molecule has 1 rings (SSSR count). The molecule has 0 saturated carbocycles.